The molecule has 0 aliphatic heterocycles. The second-order valence-electron chi connectivity index (χ2n) is 4.77. The van der Waals surface area contributed by atoms with E-state index in [0.717, 1.165) is 18.0 Å². The molecule has 0 radical (unpaired) electrons. The van der Waals surface area contributed by atoms with Crippen LogP contribution in [0.1, 0.15) is 37.3 Å². The normalized spacial score (nSPS) is 23.9. The molecule has 0 bridgehead atoms. The molecular weight excluding hydrogens is 220 g/mol. The van der Waals surface area contributed by atoms with E-state index >= 15 is 0 Å². The average Bonchev–Trinajstić information content (AvgIpc) is 2.58. The molecule has 5 heteroatoms. The van der Waals surface area contributed by atoms with Crippen LogP contribution in [0, 0.1) is 10.8 Å². The van der Waals surface area contributed by atoms with Gasteiger partial charge in [-0.2, -0.15) is 0 Å². The lowest BCUT2D eigenvalue weighted by Crippen LogP contribution is -2.24. The Morgan fingerprint density at radius 2 is 2.44 bits per heavy atom. The average molecular weight is 238 g/mol. The summed E-state index contributed by atoms with van der Waals surface area (Å²) in [6, 6.07) is 0. The molecule has 16 heavy (non-hydrogen) atoms. The Morgan fingerprint density at radius 1 is 1.69 bits per heavy atom. The number of nitrogens with zero attached hydrogens (tertiary/aromatic N) is 1. The van der Waals surface area contributed by atoms with Gasteiger partial charge >= 0.3 is 0 Å². The predicted octanol–water partition coefficient (Wildman–Crippen LogP) is 2.35. The second kappa shape index (κ2) is 4.05. The molecule has 1 heterocycles. The summed E-state index contributed by atoms with van der Waals surface area (Å²) in [5.41, 5.74) is 6.90. The minimum atomic E-state index is -0.0376. The van der Waals surface area contributed by atoms with Crippen molar-refractivity contribution in [2.45, 2.75) is 39.5 Å². The van der Waals surface area contributed by atoms with Crippen LogP contribution in [-0.4, -0.2) is 10.9 Å². The van der Waals surface area contributed by atoms with E-state index in [-0.39, 0.29) is 5.96 Å². The lowest BCUT2D eigenvalue weighted by Gasteiger charge is -2.31. The summed E-state index contributed by atoms with van der Waals surface area (Å²) in [5, 5.41) is 10.7. The molecule has 88 valence electrons. The number of anilines is 1. The third-order valence-corrected chi connectivity index (χ3v) is 4.50. The Bertz CT molecular complexity index is 412. The molecule has 0 aromatic carbocycles. The lowest BCUT2D eigenvalue weighted by atomic mass is 9.75. The predicted molar refractivity (Wildman–Crippen MR) is 68.1 cm³/mol. The molecular formula is C11H18N4S. The summed E-state index contributed by atoms with van der Waals surface area (Å²) in [6.07, 6.45) is 4.59. The van der Waals surface area contributed by atoms with Gasteiger partial charge in [-0.25, -0.2) is 4.98 Å². The van der Waals surface area contributed by atoms with E-state index < -0.39 is 0 Å². The molecule has 1 aromatic heterocycles. The van der Waals surface area contributed by atoms with E-state index in [4.69, 9.17) is 11.1 Å². The molecule has 2 rings (SSSR count). The summed E-state index contributed by atoms with van der Waals surface area (Å²) in [6.45, 7) is 4.57. The largest absolute Gasteiger partial charge is 0.370 e. The van der Waals surface area contributed by atoms with Gasteiger partial charge in [0, 0.05) is 4.88 Å². The highest BCUT2D eigenvalue weighted by Gasteiger charge is 2.30. The fourth-order valence-electron chi connectivity index (χ4n) is 2.10. The van der Waals surface area contributed by atoms with Crippen LogP contribution in [0.3, 0.4) is 0 Å². The van der Waals surface area contributed by atoms with E-state index in [1.54, 1.807) is 11.3 Å². The summed E-state index contributed by atoms with van der Waals surface area (Å²) in [5.74, 6) is -0.0376. The van der Waals surface area contributed by atoms with Crippen molar-refractivity contribution in [3.8, 4) is 0 Å². The van der Waals surface area contributed by atoms with Gasteiger partial charge in [-0.15, -0.1) is 11.3 Å². The molecule has 4 N–H and O–H groups in total. The highest BCUT2D eigenvalue weighted by Crippen LogP contribution is 2.40. The van der Waals surface area contributed by atoms with Crippen LogP contribution < -0.4 is 11.1 Å². The quantitative estimate of drug-likeness (QED) is 0.547. The Kier molecular flexibility index (Phi) is 2.88. The maximum atomic E-state index is 7.19. The van der Waals surface area contributed by atoms with Crippen LogP contribution in [-0.2, 0) is 12.8 Å². The van der Waals surface area contributed by atoms with Gasteiger partial charge in [-0.05, 0) is 24.7 Å². The number of thiazole rings is 1. The first-order valence-electron chi connectivity index (χ1n) is 5.62. The zero-order valence-corrected chi connectivity index (χ0v) is 10.6. The highest BCUT2D eigenvalue weighted by atomic mass is 32.1. The van der Waals surface area contributed by atoms with Crippen LogP contribution in [0.2, 0.25) is 0 Å². The van der Waals surface area contributed by atoms with E-state index in [9.17, 15) is 0 Å². The van der Waals surface area contributed by atoms with Gasteiger partial charge in [0.25, 0.3) is 0 Å². The standard InChI is InChI=1S/C11H18N4S/c1-3-11(2)5-4-8-7(6-11)14-10(16-8)15-9(12)13/h3-6H2,1-2H3,(H4,12,13,14,15)/t11-/m1/s1. The van der Waals surface area contributed by atoms with Crippen LogP contribution >= 0.6 is 11.3 Å². The van der Waals surface area contributed by atoms with Crippen molar-refractivity contribution < 1.29 is 0 Å². The maximum Gasteiger partial charge on any atom is 0.192 e. The van der Waals surface area contributed by atoms with Crippen LogP contribution in [0.15, 0.2) is 0 Å². The number of fused-ring (bicyclic) bond motifs is 1. The maximum absolute atomic E-state index is 7.19. The molecule has 0 fully saturated rings. The topological polar surface area (TPSA) is 74.8 Å². The molecule has 0 unspecified atom stereocenters. The first-order valence-corrected chi connectivity index (χ1v) is 6.44. The third-order valence-electron chi connectivity index (χ3n) is 3.42. The molecule has 4 nitrogen and oxygen atoms in total. The van der Waals surface area contributed by atoms with Gasteiger partial charge in [0.1, 0.15) is 0 Å². The van der Waals surface area contributed by atoms with Crippen LogP contribution in [0.5, 0.6) is 0 Å². The van der Waals surface area contributed by atoms with Crippen molar-refractivity contribution in [2.75, 3.05) is 5.32 Å². The Balaban J connectivity index is 2.20. The summed E-state index contributed by atoms with van der Waals surface area (Å²) < 4.78 is 0. The number of hydrogen-bond acceptors (Lipinski definition) is 3. The zero-order chi connectivity index (χ0) is 11.8. The van der Waals surface area contributed by atoms with Gasteiger partial charge in [-0.1, -0.05) is 20.3 Å². The van der Waals surface area contributed by atoms with E-state index in [1.165, 1.54) is 23.4 Å². The van der Waals surface area contributed by atoms with Gasteiger partial charge in [0.15, 0.2) is 11.1 Å². The van der Waals surface area contributed by atoms with Crippen LogP contribution in [0.4, 0.5) is 5.13 Å². The minimum absolute atomic E-state index is 0.0376. The SMILES string of the molecule is CC[C@]1(C)CCc2sc(NC(=N)N)nc2C1. The number of aryl methyl sites for hydroxylation is 1. The van der Waals surface area contributed by atoms with Gasteiger partial charge in [0.05, 0.1) is 5.69 Å². The van der Waals surface area contributed by atoms with Gasteiger partial charge in [0.2, 0.25) is 0 Å². The minimum Gasteiger partial charge on any atom is -0.370 e. The fourth-order valence-corrected chi connectivity index (χ4v) is 3.09. The fraction of sp³-hybridized carbons (Fsp3) is 0.636. The van der Waals surface area contributed by atoms with Crippen molar-refractivity contribution in [2.24, 2.45) is 11.1 Å². The van der Waals surface area contributed by atoms with Gasteiger partial charge < -0.3 is 11.1 Å². The summed E-state index contributed by atoms with van der Waals surface area (Å²) in [4.78, 5) is 5.88. The van der Waals surface area contributed by atoms with Crippen molar-refractivity contribution >= 4 is 22.4 Å². The zero-order valence-electron chi connectivity index (χ0n) is 9.76. The van der Waals surface area contributed by atoms with Crippen LogP contribution in [0.25, 0.3) is 0 Å². The van der Waals surface area contributed by atoms with Crippen molar-refractivity contribution in [3.05, 3.63) is 10.6 Å². The van der Waals surface area contributed by atoms with Gasteiger partial charge in [-0.3, -0.25) is 5.41 Å². The monoisotopic (exact) mass is 238 g/mol. The molecule has 0 saturated carbocycles. The highest BCUT2D eigenvalue weighted by molar-refractivity contribution is 7.15. The first kappa shape index (κ1) is 11.4. The van der Waals surface area contributed by atoms with Crippen molar-refractivity contribution in [1.82, 2.24) is 4.98 Å². The number of rotatable bonds is 2. The number of nitrogens with two attached hydrogens (primary N) is 1. The molecule has 0 amide bonds. The number of guanidine groups is 1. The molecule has 1 atom stereocenters. The smallest absolute Gasteiger partial charge is 0.192 e. The molecule has 0 spiro atoms. The third kappa shape index (κ3) is 2.19. The van der Waals surface area contributed by atoms with E-state index in [1.807, 2.05) is 0 Å². The number of nitrogens with one attached hydrogen (secondary N) is 2. The number of hydrogen-bond donors (Lipinski definition) is 3. The Morgan fingerprint density at radius 3 is 3.06 bits per heavy atom. The Hall–Kier alpha value is -1.10. The summed E-state index contributed by atoms with van der Waals surface area (Å²) in [7, 11) is 0. The van der Waals surface area contributed by atoms with E-state index in [0.29, 0.717) is 5.41 Å². The van der Waals surface area contributed by atoms with Crippen molar-refractivity contribution in [3.63, 3.8) is 0 Å². The molecule has 1 aromatic rings. The second-order valence-corrected chi connectivity index (χ2v) is 5.85. The molecule has 1 aliphatic rings. The lowest BCUT2D eigenvalue weighted by molar-refractivity contribution is 0.266. The summed E-state index contributed by atoms with van der Waals surface area (Å²) >= 11 is 1.63. The first-order chi connectivity index (χ1) is 7.52. The number of aromatic nitrogens is 1. The van der Waals surface area contributed by atoms with E-state index in [2.05, 4.69) is 24.1 Å². The molecule has 0 saturated heterocycles. The Labute approximate surface area is 99.8 Å². The van der Waals surface area contributed by atoms with Crippen molar-refractivity contribution in [1.29, 1.82) is 5.41 Å². The molecule has 1 aliphatic carbocycles.